The molecule has 1 aromatic heterocycles. The van der Waals surface area contributed by atoms with Gasteiger partial charge in [-0.2, -0.15) is 0 Å². The van der Waals surface area contributed by atoms with Gasteiger partial charge in [-0.1, -0.05) is 62.4 Å². The molecule has 1 N–H and O–H groups in total. The fraction of sp³-hybridized carbons (Fsp3) is 0.375. The van der Waals surface area contributed by atoms with E-state index in [4.69, 9.17) is 4.98 Å². The van der Waals surface area contributed by atoms with Gasteiger partial charge in [-0.15, -0.1) is 0 Å². The topological polar surface area (TPSA) is 28.2 Å². The Morgan fingerprint density at radius 3 is 2.41 bits per heavy atom. The molecular formula is C24H31N3. The van der Waals surface area contributed by atoms with E-state index in [0.717, 1.165) is 36.3 Å². The molecule has 2 aromatic carbocycles. The Kier molecular flexibility index (Phi) is 6.83. The SMILES string of the molecule is CCN(CC)CCCC(C)Nc1cc(-c2ccccc2)nc2ccccc12. The lowest BCUT2D eigenvalue weighted by molar-refractivity contribution is 0.295. The molecule has 0 aliphatic heterocycles. The molecule has 0 radical (unpaired) electrons. The molecule has 1 atom stereocenters. The number of benzene rings is 2. The smallest absolute Gasteiger partial charge is 0.0730 e. The lowest BCUT2D eigenvalue weighted by Crippen LogP contribution is -2.25. The number of rotatable bonds is 9. The lowest BCUT2D eigenvalue weighted by atomic mass is 10.1. The first-order valence-corrected chi connectivity index (χ1v) is 10.1. The first-order valence-electron chi connectivity index (χ1n) is 10.1. The van der Waals surface area contributed by atoms with Crippen molar-refractivity contribution in [3.63, 3.8) is 0 Å². The summed E-state index contributed by atoms with van der Waals surface area (Å²) < 4.78 is 0. The summed E-state index contributed by atoms with van der Waals surface area (Å²) in [5, 5.41) is 4.93. The van der Waals surface area contributed by atoms with Crippen LogP contribution in [0.15, 0.2) is 60.7 Å². The van der Waals surface area contributed by atoms with Gasteiger partial charge in [0.1, 0.15) is 0 Å². The van der Waals surface area contributed by atoms with Crippen molar-refractivity contribution in [1.82, 2.24) is 9.88 Å². The van der Waals surface area contributed by atoms with Crippen molar-refractivity contribution in [2.45, 2.75) is 39.7 Å². The van der Waals surface area contributed by atoms with Gasteiger partial charge in [0.15, 0.2) is 0 Å². The van der Waals surface area contributed by atoms with Crippen LogP contribution in [-0.2, 0) is 0 Å². The first-order chi connectivity index (χ1) is 13.2. The number of fused-ring (bicyclic) bond motifs is 1. The third-order valence-corrected chi connectivity index (χ3v) is 5.19. The van der Waals surface area contributed by atoms with Crippen molar-refractivity contribution in [2.24, 2.45) is 0 Å². The van der Waals surface area contributed by atoms with E-state index in [2.05, 4.69) is 85.6 Å². The minimum atomic E-state index is 0.426. The summed E-state index contributed by atoms with van der Waals surface area (Å²) in [5.41, 5.74) is 4.39. The van der Waals surface area contributed by atoms with Crippen molar-refractivity contribution in [3.8, 4) is 11.3 Å². The highest BCUT2D eigenvalue weighted by Gasteiger charge is 2.10. The number of para-hydroxylation sites is 1. The number of hydrogen-bond donors (Lipinski definition) is 1. The van der Waals surface area contributed by atoms with Gasteiger partial charge >= 0.3 is 0 Å². The molecule has 0 saturated carbocycles. The summed E-state index contributed by atoms with van der Waals surface area (Å²) in [5.74, 6) is 0. The minimum absolute atomic E-state index is 0.426. The maximum Gasteiger partial charge on any atom is 0.0730 e. The van der Waals surface area contributed by atoms with Gasteiger partial charge in [0.2, 0.25) is 0 Å². The Bertz CT molecular complexity index is 841. The van der Waals surface area contributed by atoms with E-state index in [-0.39, 0.29) is 0 Å². The normalized spacial score (nSPS) is 12.4. The summed E-state index contributed by atoms with van der Waals surface area (Å²) in [4.78, 5) is 7.36. The molecule has 0 bridgehead atoms. The van der Waals surface area contributed by atoms with Gasteiger partial charge in [-0.25, -0.2) is 4.98 Å². The molecule has 3 aromatic rings. The quantitative estimate of drug-likeness (QED) is 0.520. The van der Waals surface area contributed by atoms with Crippen LogP contribution < -0.4 is 5.32 Å². The molecule has 0 aliphatic carbocycles. The lowest BCUT2D eigenvalue weighted by Gasteiger charge is -2.21. The predicted molar refractivity (Wildman–Crippen MR) is 117 cm³/mol. The van der Waals surface area contributed by atoms with Crippen LogP contribution >= 0.6 is 0 Å². The van der Waals surface area contributed by atoms with Crippen LogP contribution in [0, 0.1) is 0 Å². The van der Waals surface area contributed by atoms with Crippen LogP contribution in [0.5, 0.6) is 0 Å². The number of pyridine rings is 1. The molecular weight excluding hydrogens is 330 g/mol. The van der Waals surface area contributed by atoms with Gasteiger partial charge in [-0.05, 0) is 51.5 Å². The average molecular weight is 362 g/mol. The summed E-state index contributed by atoms with van der Waals surface area (Å²) in [7, 11) is 0. The molecule has 3 nitrogen and oxygen atoms in total. The van der Waals surface area contributed by atoms with E-state index in [0.29, 0.717) is 6.04 Å². The first kappa shape index (κ1) is 19.4. The Labute approximate surface area is 163 Å². The average Bonchev–Trinajstić information content (AvgIpc) is 2.72. The minimum Gasteiger partial charge on any atom is -0.382 e. The van der Waals surface area contributed by atoms with Crippen LogP contribution in [0.2, 0.25) is 0 Å². The molecule has 0 saturated heterocycles. The number of anilines is 1. The van der Waals surface area contributed by atoms with E-state index in [1.165, 1.54) is 24.0 Å². The fourth-order valence-electron chi connectivity index (χ4n) is 3.55. The largest absolute Gasteiger partial charge is 0.382 e. The Morgan fingerprint density at radius 1 is 0.963 bits per heavy atom. The number of hydrogen-bond acceptors (Lipinski definition) is 3. The van der Waals surface area contributed by atoms with Gasteiger partial charge in [0.05, 0.1) is 11.2 Å². The van der Waals surface area contributed by atoms with Crippen LogP contribution in [-0.4, -0.2) is 35.6 Å². The highest BCUT2D eigenvalue weighted by atomic mass is 15.1. The third-order valence-electron chi connectivity index (χ3n) is 5.19. The van der Waals surface area contributed by atoms with E-state index >= 15 is 0 Å². The molecule has 0 aliphatic rings. The monoisotopic (exact) mass is 361 g/mol. The second kappa shape index (κ2) is 9.52. The van der Waals surface area contributed by atoms with Gasteiger partial charge < -0.3 is 10.2 Å². The summed E-state index contributed by atoms with van der Waals surface area (Å²) in [6, 6.07) is 21.4. The molecule has 0 spiro atoms. The van der Waals surface area contributed by atoms with Crippen molar-refractivity contribution >= 4 is 16.6 Å². The Morgan fingerprint density at radius 2 is 1.67 bits per heavy atom. The maximum atomic E-state index is 4.87. The van der Waals surface area contributed by atoms with Gasteiger partial charge in [0.25, 0.3) is 0 Å². The van der Waals surface area contributed by atoms with E-state index < -0.39 is 0 Å². The van der Waals surface area contributed by atoms with Crippen LogP contribution in [0.25, 0.3) is 22.2 Å². The van der Waals surface area contributed by atoms with Crippen LogP contribution in [0.1, 0.15) is 33.6 Å². The highest BCUT2D eigenvalue weighted by Crippen LogP contribution is 2.29. The molecule has 0 fully saturated rings. The molecule has 3 rings (SSSR count). The van der Waals surface area contributed by atoms with Crippen LogP contribution in [0.3, 0.4) is 0 Å². The number of nitrogens with one attached hydrogen (secondary N) is 1. The molecule has 142 valence electrons. The molecule has 27 heavy (non-hydrogen) atoms. The molecule has 3 heteroatoms. The van der Waals surface area contributed by atoms with E-state index in [9.17, 15) is 0 Å². The fourth-order valence-corrected chi connectivity index (χ4v) is 3.55. The van der Waals surface area contributed by atoms with Crippen molar-refractivity contribution < 1.29 is 0 Å². The zero-order valence-electron chi connectivity index (χ0n) is 16.8. The zero-order chi connectivity index (χ0) is 19.1. The molecule has 1 heterocycles. The molecule has 0 amide bonds. The van der Waals surface area contributed by atoms with Gasteiger partial charge in [-0.3, -0.25) is 0 Å². The highest BCUT2D eigenvalue weighted by molar-refractivity contribution is 5.93. The van der Waals surface area contributed by atoms with Crippen molar-refractivity contribution in [3.05, 3.63) is 60.7 Å². The van der Waals surface area contributed by atoms with E-state index in [1.807, 2.05) is 6.07 Å². The zero-order valence-corrected chi connectivity index (χ0v) is 16.8. The number of nitrogens with zero attached hydrogens (tertiary/aromatic N) is 2. The summed E-state index contributed by atoms with van der Waals surface area (Å²) in [6.45, 7) is 10.2. The molecule has 1 unspecified atom stereocenters. The predicted octanol–water partition coefficient (Wildman–Crippen LogP) is 5.82. The summed E-state index contributed by atoms with van der Waals surface area (Å²) in [6.07, 6.45) is 2.37. The van der Waals surface area contributed by atoms with Crippen LogP contribution in [0.4, 0.5) is 5.69 Å². The van der Waals surface area contributed by atoms with Gasteiger partial charge in [0, 0.05) is 22.7 Å². The summed E-state index contributed by atoms with van der Waals surface area (Å²) >= 11 is 0. The van der Waals surface area contributed by atoms with Crippen molar-refractivity contribution in [2.75, 3.05) is 25.0 Å². The standard InChI is InChI=1S/C24H31N3/c1-4-27(5-2)17-11-12-19(3)25-24-18-23(20-13-7-6-8-14-20)26-22-16-10-9-15-21(22)24/h6-10,13-16,18-19H,4-5,11-12,17H2,1-3H3,(H,25,26). The Hall–Kier alpha value is -2.39. The second-order valence-corrected chi connectivity index (χ2v) is 7.15. The maximum absolute atomic E-state index is 4.87. The van der Waals surface area contributed by atoms with Crippen molar-refractivity contribution in [1.29, 1.82) is 0 Å². The number of aromatic nitrogens is 1. The third kappa shape index (κ3) is 5.08. The second-order valence-electron chi connectivity index (χ2n) is 7.15. The Balaban J connectivity index is 1.78. The van der Waals surface area contributed by atoms with E-state index in [1.54, 1.807) is 0 Å².